The second kappa shape index (κ2) is 3.95. The van der Waals surface area contributed by atoms with Crippen molar-refractivity contribution in [3.8, 4) is 0 Å². The predicted octanol–water partition coefficient (Wildman–Crippen LogP) is 3.40. The Bertz CT molecular complexity index is 677. The Hall–Kier alpha value is -2.09. The zero-order chi connectivity index (χ0) is 12.8. The van der Waals surface area contributed by atoms with Gasteiger partial charge in [-0.1, -0.05) is 30.4 Å². The van der Waals surface area contributed by atoms with Gasteiger partial charge in [0.25, 0.3) is 0 Å². The van der Waals surface area contributed by atoms with Crippen LogP contribution in [0.5, 0.6) is 0 Å². The molecule has 0 aromatic heterocycles. The van der Waals surface area contributed by atoms with Crippen LogP contribution in [0.2, 0.25) is 0 Å². The summed E-state index contributed by atoms with van der Waals surface area (Å²) in [7, 11) is 0. The van der Waals surface area contributed by atoms with E-state index in [1.807, 2.05) is 6.08 Å². The van der Waals surface area contributed by atoms with E-state index in [0.717, 1.165) is 30.5 Å². The SMILES string of the molecule is O=C1CC=CC2=C1Cc1ccc3c(c1N2)CCC=C3. The fraction of sp³-hybridized carbons (Fsp3) is 0.235. The second-order valence-electron chi connectivity index (χ2n) is 5.33. The van der Waals surface area contributed by atoms with Crippen molar-refractivity contribution >= 4 is 17.5 Å². The predicted molar refractivity (Wildman–Crippen MR) is 76.9 cm³/mol. The number of carbonyl (C=O) groups is 1. The quantitative estimate of drug-likeness (QED) is 0.763. The van der Waals surface area contributed by atoms with Crippen LogP contribution in [-0.4, -0.2) is 5.78 Å². The number of rotatable bonds is 0. The molecular formula is C17H15NO. The molecule has 0 unspecified atom stereocenters. The summed E-state index contributed by atoms with van der Waals surface area (Å²) < 4.78 is 0. The molecule has 4 rings (SSSR count). The fourth-order valence-corrected chi connectivity index (χ4v) is 3.17. The van der Waals surface area contributed by atoms with Crippen LogP contribution in [0, 0.1) is 0 Å². The molecule has 1 aromatic carbocycles. The number of Topliss-reactive ketones (excluding diaryl/α,β-unsaturated/α-hetero) is 1. The Morgan fingerprint density at radius 2 is 2.05 bits per heavy atom. The van der Waals surface area contributed by atoms with Gasteiger partial charge >= 0.3 is 0 Å². The summed E-state index contributed by atoms with van der Waals surface area (Å²) in [6.45, 7) is 0. The third kappa shape index (κ3) is 1.60. The van der Waals surface area contributed by atoms with E-state index in [0.29, 0.717) is 6.42 Å². The Kier molecular flexibility index (Phi) is 2.25. The summed E-state index contributed by atoms with van der Waals surface area (Å²) in [6, 6.07) is 4.34. The number of anilines is 1. The van der Waals surface area contributed by atoms with E-state index in [2.05, 4.69) is 35.7 Å². The Morgan fingerprint density at radius 3 is 3.00 bits per heavy atom. The molecule has 2 nitrogen and oxygen atoms in total. The maximum absolute atomic E-state index is 12.0. The van der Waals surface area contributed by atoms with E-state index in [4.69, 9.17) is 0 Å². The van der Waals surface area contributed by atoms with Gasteiger partial charge in [-0.05, 0) is 35.6 Å². The van der Waals surface area contributed by atoms with Gasteiger partial charge in [-0.2, -0.15) is 0 Å². The van der Waals surface area contributed by atoms with Crippen molar-refractivity contribution in [2.75, 3.05) is 5.32 Å². The lowest BCUT2D eigenvalue weighted by molar-refractivity contribution is -0.115. The summed E-state index contributed by atoms with van der Waals surface area (Å²) in [4.78, 5) is 12.0. The van der Waals surface area contributed by atoms with Gasteiger partial charge in [0.2, 0.25) is 0 Å². The van der Waals surface area contributed by atoms with Crippen molar-refractivity contribution in [3.05, 3.63) is 58.3 Å². The number of nitrogens with one attached hydrogen (secondary N) is 1. The molecule has 1 heterocycles. The number of hydrogen-bond acceptors (Lipinski definition) is 2. The topological polar surface area (TPSA) is 29.1 Å². The zero-order valence-corrected chi connectivity index (χ0v) is 10.7. The van der Waals surface area contributed by atoms with E-state index in [1.54, 1.807) is 0 Å². The highest BCUT2D eigenvalue weighted by atomic mass is 16.1. The van der Waals surface area contributed by atoms with E-state index < -0.39 is 0 Å². The van der Waals surface area contributed by atoms with Gasteiger partial charge in [-0.25, -0.2) is 0 Å². The lowest BCUT2D eigenvalue weighted by Crippen LogP contribution is -2.21. The van der Waals surface area contributed by atoms with Gasteiger partial charge in [0.1, 0.15) is 0 Å². The summed E-state index contributed by atoms with van der Waals surface area (Å²) in [5.41, 5.74) is 7.16. The summed E-state index contributed by atoms with van der Waals surface area (Å²) in [5.74, 6) is 0.258. The number of fused-ring (bicyclic) bond motifs is 3. The standard InChI is InChI=1S/C17H15NO/c19-16-7-3-6-15-14(16)10-12-9-8-11-4-1-2-5-13(11)17(12)18-15/h1,3-4,6,8-9,18H,2,5,7,10H2. The van der Waals surface area contributed by atoms with Crippen LogP contribution < -0.4 is 5.32 Å². The third-order valence-corrected chi connectivity index (χ3v) is 4.17. The number of ketones is 1. The molecular weight excluding hydrogens is 234 g/mol. The van der Waals surface area contributed by atoms with Crippen LogP contribution in [0.4, 0.5) is 5.69 Å². The van der Waals surface area contributed by atoms with Gasteiger partial charge in [0.05, 0.1) is 0 Å². The Balaban J connectivity index is 1.85. The largest absolute Gasteiger partial charge is 0.355 e. The number of allylic oxidation sites excluding steroid dienone is 4. The molecule has 0 radical (unpaired) electrons. The molecule has 1 aromatic rings. The van der Waals surface area contributed by atoms with Crippen LogP contribution in [0.15, 0.2) is 41.6 Å². The van der Waals surface area contributed by atoms with Crippen molar-refractivity contribution in [2.45, 2.75) is 25.7 Å². The minimum absolute atomic E-state index is 0.258. The van der Waals surface area contributed by atoms with Gasteiger partial charge in [0, 0.05) is 29.8 Å². The number of hydrogen-bond donors (Lipinski definition) is 1. The lowest BCUT2D eigenvalue weighted by Gasteiger charge is -2.28. The monoisotopic (exact) mass is 249 g/mol. The first-order valence-electron chi connectivity index (χ1n) is 6.84. The van der Waals surface area contributed by atoms with Gasteiger partial charge in [-0.3, -0.25) is 4.79 Å². The maximum atomic E-state index is 12.0. The molecule has 1 N–H and O–H groups in total. The molecule has 0 atom stereocenters. The zero-order valence-electron chi connectivity index (χ0n) is 10.7. The average molecular weight is 249 g/mol. The van der Waals surface area contributed by atoms with Crippen molar-refractivity contribution in [3.63, 3.8) is 0 Å². The summed E-state index contributed by atoms with van der Waals surface area (Å²) in [6.07, 6.45) is 11.9. The van der Waals surface area contributed by atoms with E-state index in [9.17, 15) is 4.79 Å². The molecule has 2 heteroatoms. The van der Waals surface area contributed by atoms with Crippen LogP contribution in [0.25, 0.3) is 6.08 Å². The smallest absolute Gasteiger partial charge is 0.165 e. The van der Waals surface area contributed by atoms with Crippen molar-refractivity contribution in [2.24, 2.45) is 0 Å². The lowest BCUT2D eigenvalue weighted by atomic mass is 9.85. The third-order valence-electron chi connectivity index (χ3n) is 4.17. The first-order valence-corrected chi connectivity index (χ1v) is 6.84. The molecule has 0 spiro atoms. The van der Waals surface area contributed by atoms with Crippen LogP contribution in [0.1, 0.15) is 29.5 Å². The molecule has 2 aliphatic carbocycles. The Labute approximate surface area is 112 Å². The van der Waals surface area contributed by atoms with Crippen LogP contribution >= 0.6 is 0 Å². The normalized spacial score (nSPS) is 19.7. The van der Waals surface area contributed by atoms with Gasteiger partial charge in [-0.15, -0.1) is 0 Å². The average Bonchev–Trinajstić information content (AvgIpc) is 2.46. The highest BCUT2D eigenvalue weighted by Crippen LogP contribution is 2.37. The number of carbonyl (C=O) groups excluding carboxylic acids is 1. The maximum Gasteiger partial charge on any atom is 0.165 e. The number of benzene rings is 1. The van der Waals surface area contributed by atoms with Crippen molar-refractivity contribution in [1.82, 2.24) is 0 Å². The highest BCUT2D eigenvalue weighted by molar-refractivity contribution is 6.01. The molecule has 0 amide bonds. The molecule has 19 heavy (non-hydrogen) atoms. The molecule has 0 saturated heterocycles. The molecule has 0 fully saturated rings. The molecule has 1 aliphatic heterocycles. The summed E-state index contributed by atoms with van der Waals surface area (Å²) in [5, 5.41) is 3.50. The fourth-order valence-electron chi connectivity index (χ4n) is 3.17. The van der Waals surface area contributed by atoms with Gasteiger partial charge in [0.15, 0.2) is 5.78 Å². The molecule has 0 bridgehead atoms. The first-order chi connectivity index (χ1) is 9.33. The van der Waals surface area contributed by atoms with E-state index >= 15 is 0 Å². The van der Waals surface area contributed by atoms with Crippen molar-refractivity contribution < 1.29 is 4.79 Å². The Morgan fingerprint density at radius 1 is 1.11 bits per heavy atom. The van der Waals surface area contributed by atoms with E-state index in [1.165, 1.54) is 22.4 Å². The highest BCUT2D eigenvalue weighted by Gasteiger charge is 2.25. The second-order valence-corrected chi connectivity index (χ2v) is 5.33. The van der Waals surface area contributed by atoms with E-state index in [-0.39, 0.29) is 5.78 Å². The first kappa shape index (κ1) is 10.8. The minimum atomic E-state index is 0.258. The van der Waals surface area contributed by atoms with Gasteiger partial charge < -0.3 is 5.32 Å². The minimum Gasteiger partial charge on any atom is -0.355 e. The van der Waals surface area contributed by atoms with Crippen LogP contribution in [0.3, 0.4) is 0 Å². The molecule has 0 saturated carbocycles. The molecule has 94 valence electrons. The molecule has 3 aliphatic rings. The van der Waals surface area contributed by atoms with Crippen molar-refractivity contribution in [1.29, 1.82) is 0 Å². The van der Waals surface area contributed by atoms with Crippen LogP contribution in [-0.2, 0) is 17.6 Å². The summed E-state index contributed by atoms with van der Waals surface area (Å²) >= 11 is 0.